The Bertz CT molecular complexity index is 130. The van der Waals surface area contributed by atoms with Gasteiger partial charge in [0.2, 0.25) is 0 Å². The van der Waals surface area contributed by atoms with Crippen molar-refractivity contribution in [2.24, 2.45) is 0 Å². The Morgan fingerprint density at radius 1 is 1.73 bits per heavy atom. The molecule has 1 unspecified atom stereocenters. The molecule has 0 aromatic heterocycles. The van der Waals surface area contributed by atoms with Gasteiger partial charge in [-0.1, -0.05) is 0 Å². The zero-order chi connectivity index (χ0) is 8.10. The minimum atomic E-state index is -0.187. The van der Waals surface area contributed by atoms with Gasteiger partial charge in [0.1, 0.15) is 0 Å². The molecule has 1 aliphatic rings. The molecule has 2 heteroatoms. The molecule has 64 valence electrons. The van der Waals surface area contributed by atoms with Crippen molar-refractivity contribution in [3.63, 3.8) is 0 Å². The lowest BCUT2D eigenvalue weighted by Gasteiger charge is -2.00. The van der Waals surface area contributed by atoms with Crippen molar-refractivity contribution in [2.75, 3.05) is 6.61 Å². The number of aliphatic hydroxyl groups is 1. The molecular weight excluding hydrogens is 140 g/mol. The first kappa shape index (κ1) is 8.60. The van der Waals surface area contributed by atoms with Gasteiger partial charge in [-0.15, -0.1) is 0 Å². The Labute approximate surface area is 67.9 Å². The third kappa shape index (κ3) is 3.42. The van der Waals surface area contributed by atoms with Gasteiger partial charge in [-0.05, 0) is 32.3 Å². The molecule has 0 bridgehead atoms. The molecule has 0 aromatic rings. The highest BCUT2D eigenvalue weighted by Gasteiger charge is 2.06. The van der Waals surface area contributed by atoms with Gasteiger partial charge < -0.3 is 9.84 Å². The van der Waals surface area contributed by atoms with Crippen LogP contribution in [0.4, 0.5) is 0 Å². The van der Waals surface area contributed by atoms with E-state index in [4.69, 9.17) is 9.84 Å². The van der Waals surface area contributed by atoms with Crippen LogP contribution in [0.15, 0.2) is 11.8 Å². The maximum atomic E-state index is 8.96. The van der Waals surface area contributed by atoms with Gasteiger partial charge in [0.05, 0.1) is 18.5 Å². The molecule has 2 nitrogen and oxygen atoms in total. The van der Waals surface area contributed by atoms with Crippen LogP contribution in [0.3, 0.4) is 0 Å². The summed E-state index contributed by atoms with van der Waals surface area (Å²) < 4.78 is 5.31. The van der Waals surface area contributed by atoms with Crippen molar-refractivity contribution < 1.29 is 9.84 Å². The van der Waals surface area contributed by atoms with Crippen molar-refractivity contribution in [1.82, 2.24) is 0 Å². The summed E-state index contributed by atoms with van der Waals surface area (Å²) in [7, 11) is 0. The monoisotopic (exact) mass is 156 g/mol. The van der Waals surface area contributed by atoms with E-state index in [0.717, 1.165) is 38.0 Å². The second kappa shape index (κ2) is 4.39. The SMILES string of the molecule is CC(O)CC/C=C1\CCCO1. The lowest BCUT2D eigenvalue weighted by molar-refractivity contribution is 0.185. The standard InChI is InChI=1S/C9H16O2/c1-8(10)4-2-5-9-6-3-7-11-9/h5,8,10H,2-4,6-7H2,1H3/b9-5+. The second-order valence-corrected chi connectivity index (χ2v) is 3.05. The minimum Gasteiger partial charge on any atom is -0.498 e. The third-order valence-electron chi connectivity index (χ3n) is 1.81. The van der Waals surface area contributed by atoms with Gasteiger partial charge in [-0.25, -0.2) is 0 Å². The maximum absolute atomic E-state index is 8.96. The first-order chi connectivity index (χ1) is 5.29. The first-order valence-electron chi connectivity index (χ1n) is 4.29. The summed E-state index contributed by atoms with van der Waals surface area (Å²) in [6, 6.07) is 0. The van der Waals surface area contributed by atoms with E-state index in [1.165, 1.54) is 0 Å². The molecular formula is C9H16O2. The van der Waals surface area contributed by atoms with Gasteiger partial charge in [-0.2, -0.15) is 0 Å². The summed E-state index contributed by atoms with van der Waals surface area (Å²) in [4.78, 5) is 0. The van der Waals surface area contributed by atoms with Crippen molar-refractivity contribution in [3.05, 3.63) is 11.8 Å². The predicted octanol–water partition coefficient (Wildman–Crippen LogP) is 1.84. The summed E-state index contributed by atoms with van der Waals surface area (Å²) in [5.41, 5.74) is 0. The van der Waals surface area contributed by atoms with Crippen LogP contribution in [0, 0.1) is 0 Å². The number of hydrogen-bond acceptors (Lipinski definition) is 2. The number of aliphatic hydroxyl groups excluding tert-OH is 1. The van der Waals surface area contributed by atoms with E-state index in [9.17, 15) is 0 Å². The van der Waals surface area contributed by atoms with E-state index in [0.29, 0.717) is 0 Å². The van der Waals surface area contributed by atoms with Crippen molar-refractivity contribution in [3.8, 4) is 0 Å². The van der Waals surface area contributed by atoms with Crippen LogP contribution >= 0.6 is 0 Å². The average Bonchev–Trinajstić information content (AvgIpc) is 2.39. The van der Waals surface area contributed by atoms with Gasteiger partial charge in [0, 0.05) is 6.42 Å². The van der Waals surface area contributed by atoms with Gasteiger partial charge >= 0.3 is 0 Å². The highest BCUT2D eigenvalue weighted by molar-refractivity contribution is 4.96. The molecule has 0 spiro atoms. The Morgan fingerprint density at radius 2 is 2.55 bits per heavy atom. The molecule has 1 fully saturated rings. The van der Waals surface area contributed by atoms with Gasteiger partial charge in [0.15, 0.2) is 0 Å². The lowest BCUT2D eigenvalue weighted by atomic mass is 10.2. The van der Waals surface area contributed by atoms with Gasteiger partial charge in [-0.3, -0.25) is 0 Å². The molecule has 0 aliphatic carbocycles. The highest BCUT2D eigenvalue weighted by Crippen LogP contribution is 2.16. The van der Waals surface area contributed by atoms with E-state index >= 15 is 0 Å². The fourth-order valence-corrected chi connectivity index (χ4v) is 1.17. The Balaban J connectivity index is 2.13. The molecule has 1 atom stereocenters. The van der Waals surface area contributed by atoms with Crippen LogP contribution < -0.4 is 0 Å². The zero-order valence-electron chi connectivity index (χ0n) is 7.05. The molecule has 1 rings (SSSR count). The quantitative estimate of drug-likeness (QED) is 0.675. The van der Waals surface area contributed by atoms with E-state index < -0.39 is 0 Å². The summed E-state index contributed by atoms with van der Waals surface area (Å²) in [5, 5.41) is 8.96. The highest BCUT2D eigenvalue weighted by atomic mass is 16.5. The average molecular weight is 156 g/mol. The van der Waals surface area contributed by atoms with E-state index in [1.807, 2.05) is 6.92 Å². The van der Waals surface area contributed by atoms with Crippen LogP contribution in [0.25, 0.3) is 0 Å². The first-order valence-corrected chi connectivity index (χ1v) is 4.29. The van der Waals surface area contributed by atoms with Crippen LogP contribution in [-0.4, -0.2) is 17.8 Å². The molecule has 0 amide bonds. The third-order valence-corrected chi connectivity index (χ3v) is 1.81. The van der Waals surface area contributed by atoms with Crippen LogP contribution in [0.1, 0.15) is 32.6 Å². The van der Waals surface area contributed by atoms with Crippen molar-refractivity contribution >= 4 is 0 Å². The molecule has 1 saturated heterocycles. The van der Waals surface area contributed by atoms with E-state index in [2.05, 4.69) is 6.08 Å². The number of allylic oxidation sites excluding steroid dienone is 2. The molecule has 1 heterocycles. The summed E-state index contributed by atoms with van der Waals surface area (Å²) in [5.74, 6) is 1.12. The normalized spacial score (nSPS) is 23.6. The largest absolute Gasteiger partial charge is 0.498 e. The summed E-state index contributed by atoms with van der Waals surface area (Å²) in [6.45, 7) is 2.69. The molecule has 0 saturated carbocycles. The molecule has 0 aromatic carbocycles. The number of ether oxygens (including phenoxy) is 1. The minimum absolute atomic E-state index is 0.187. The van der Waals surface area contributed by atoms with E-state index in [1.54, 1.807) is 0 Å². The Hall–Kier alpha value is -0.500. The van der Waals surface area contributed by atoms with Crippen LogP contribution in [0.5, 0.6) is 0 Å². The van der Waals surface area contributed by atoms with Crippen LogP contribution in [0.2, 0.25) is 0 Å². The smallest absolute Gasteiger partial charge is 0.0921 e. The molecule has 0 radical (unpaired) electrons. The van der Waals surface area contributed by atoms with Crippen molar-refractivity contribution in [1.29, 1.82) is 0 Å². The predicted molar refractivity (Wildman–Crippen MR) is 44.2 cm³/mol. The van der Waals surface area contributed by atoms with Crippen molar-refractivity contribution in [2.45, 2.75) is 38.7 Å². The maximum Gasteiger partial charge on any atom is 0.0921 e. The topological polar surface area (TPSA) is 29.5 Å². The summed E-state index contributed by atoms with van der Waals surface area (Å²) >= 11 is 0. The number of rotatable bonds is 3. The zero-order valence-corrected chi connectivity index (χ0v) is 7.05. The summed E-state index contributed by atoms with van der Waals surface area (Å²) in [6.07, 6.45) is 5.92. The molecule has 1 N–H and O–H groups in total. The van der Waals surface area contributed by atoms with E-state index in [-0.39, 0.29) is 6.10 Å². The van der Waals surface area contributed by atoms with Crippen LogP contribution in [-0.2, 0) is 4.74 Å². The molecule has 11 heavy (non-hydrogen) atoms. The molecule has 1 aliphatic heterocycles. The number of hydrogen-bond donors (Lipinski definition) is 1. The fraction of sp³-hybridized carbons (Fsp3) is 0.778. The Kier molecular flexibility index (Phi) is 3.43. The second-order valence-electron chi connectivity index (χ2n) is 3.05. The fourth-order valence-electron chi connectivity index (χ4n) is 1.17. The van der Waals surface area contributed by atoms with Gasteiger partial charge in [0.25, 0.3) is 0 Å². The Morgan fingerprint density at radius 3 is 3.09 bits per heavy atom. The lowest BCUT2D eigenvalue weighted by Crippen LogP contribution is -1.97.